The Hall–Kier alpha value is -1.28. The number of methoxy groups -OCH3 is 3. The predicted octanol–water partition coefficient (Wildman–Crippen LogP) is 2.94. The molecule has 0 aromatic heterocycles. The van der Waals surface area contributed by atoms with Crippen molar-refractivity contribution in [3.05, 3.63) is 17.7 Å². The highest BCUT2D eigenvalue weighted by atomic mass is 31.0. The van der Waals surface area contributed by atoms with Crippen molar-refractivity contribution in [1.82, 2.24) is 0 Å². The Balaban J connectivity index is 3.17. The first-order valence-electron chi connectivity index (χ1n) is 6.12. The fourth-order valence-corrected chi connectivity index (χ4v) is 1.99. The summed E-state index contributed by atoms with van der Waals surface area (Å²) in [5.74, 6) is 1.48. The smallest absolute Gasteiger partial charge is 0.175 e. The average molecular weight is 284 g/mol. The van der Waals surface area contributed by atoms with Gasteiger partial charge in [-0.05, 0) is 24.2 Å². The maximum absolute atomic E-state index is 12.4. The summed E-state index contributed by atoms with van der Waals surface area (Å²) in [6.07, 6.45) is 1.25. The molecule has 0 heterocycles. The molecule has 1 aromatic carbocycles. The Morgan fingerprint density at radius 1 is 1.16 bits per heavy atom. The van der Waals surface area contributed by atoms with Gasteiger partial charge in [-0.2, -0.15) is 0 Å². The molecule has 0 bridgehead atoms. The highest BCUT2D eigenvalue weighted by Crippen LogP contribution is 2.38. The molecule has 4 nitrogen and oxygen atoms in total. The van der Waals surface area contributed by atoms with E-state index in [1.54, 1.807) is 19.2 Å². The number of ether oxygens (including phenoxy) is 3. The summed E-state index contributed by atoms with van der Waals surface area (Å²) < 4.78 is 15.8. The first-order valence-corrected chi connectivity index (χ1v) is 6.79. The van der Waals surface area contributed by atoms with Crippen LogP contribution in [0.2, 0.25) is 0 Å². The number of Topliss-reactive ketones (excluding diaryl/α,β-unsaturated/α-hetero) is 1. The van der Waals surface area contributed by atoms with E-state index in [0.717, 1.165) is 6.42 Å². The van der Waals surface area contributed by atoms with Crippen LogP contribution in [0.15, 0.2) is 12.1 Å². The average Bonchev–Trinajstić information content (AvgIpc) is 2.42. The molecule has 19 heavy (non-hydrogen) atoms. The van der Waals surface area contributed by atoms with E-state index in [2.05, 4.69) is 16.2 Å². The van der Waals surface area contributed by atoms with Crippen molar-refractivity contribution < 1.29 is 19.0 Å². The maximum atomic E-state index is 12.4. The molecule has 0 fully saturated rings. The van der Waals surface area contributed by atoms with Gasteiger partial charge in [0.05, 0.1) is 21.3 Å². The highest BCUT2D eigenvalue weighted by Gasteiger charge is 2.22. The molecule has 2 unspecified atom stereocenters. The maximum Gasteiger partial charge on any atom is 0.175 e. The van der Waals surface area contributed by atoms with Gasteiger partial charge in [0.1, 0.15) is 11.3 Å². The Labute approximate surface area is 116 Å². The van der Waals surface area contributed by atoms with Gasteiger partial charge in [0, 0.05) is 6.42 Å². The summed E-state index contributed by atoms with van der Waals surface area (Å²) in [5.41, 5.74) is 0.849. The monoisotopic (exact) mass is 284 g/mol. The third-order valence-corrected chi connectivity index (χ3v) is 3.17. The van der Waals surface area contributed by atoms with E-state index in [1.807, 2.05) is 0 Å². The molecule has 1 rings (SSSR count). The Morgan fingerprint density at radius 2 is 1.74 bits per heavy atom. The first-order chi connectivity index (χ1) is 9.04. The molecule has 0 aliphatic carbocycles. The van der Waals surface area contributed by atoms with Crippen LogP contribution in [0.3, 0.4) is 0 Å². The third kappa shape index (κ3) is 3.84. The lowest BCUT2D eigenvalue weighted by atomic mass is 10.0. The normalized spacial score (nSPS) is 11.8. The van der Waals surface area contributed by atoms with Gasteiger partial charge in [-0.1, -0.05) is 6.92 Å². The van der Waals surface area contributed by atoms with Crippen LogP contribution in [0.25, 0.3) is 0 Å². The van der Waals surface area contributed by atoms with Crippen molar-refractivity contribution in [3.8, 4) is 17.2 Å². The largest absolute Gasteiger partial charge is 0.496 e. The van der Waals surface area contributed by atoms with Crippen molar-refractivity contribution in [1.29, 1.82) is 0 Å². The second-order valence-electron chi connectivity index (χ2n) is 4.32. The molecule has 0 saturated heterocycles. The Kier molecular flexibility index (Phi) is 6.10. The van der Waals surface area contributed by atoms with Crippen molar-refractivity contribution >= 4 is 15.0 Å². The fraction of sp³-hybridized carbons (Fsp3) is 0.500. The van der Waals surface area contributed by atoms with E-state index in [4.69, 9.17) is 14.2 Å². The van der Waals surface area contributed by atoms with Crippen LogP contribution in [0.1, 0.15) is 30.1 Å². The molecule has 1 aromatic rings. The zero-order chi connectivity index (χ0) is 14.4. The molecule has 2 atom stereocenters. The van der Waals surface area contributed by atoms with E-state index in [-0.39, 0.29) is 5.78 Å². The van der Waals surface area contributed by atoms with Crippen molar-refractivity contribution in [3.63, 3.8) is 0 Å². The minimum absolute atomic E-state index is 0.00176. The summed E-state index contributed by atoms with van der Waals surface area (Å²) in [7, 11) is 7.29. The van der Waals surface area contributed by atoms with Gasteiger partial charge in [0.25, 0.3) is 0 Å². The van der Waals surface area contributed by atoms with Gasteiger partial charge in [0.2, 0.25) is 0 Å². The standard InChI is InChI=1S/C14H21O4P/c1-9(19)5-6-10(15)13-11(16-2)7-8-12(17-3)14(13)18-4/h7-9H,5-6,19H2,1-4H3. The van der Waals surface area contributed by atoms with Gasteiger partial charge < -0.3 is 14.2 Å². The second-order valence-corrected chi connectivity index (χ2v) is 5.46. The number of ketones is 1. The minimum Gasteiger partial charge on any atom is -0.496 e. The molecule has 0 radical (unpaired) electrons. The molecule has 0 spiro atoms. The number of hydrogen-bond donors (Lipinski definition) is 0. The summed E-state index contributed by atoms with van der Waals surface area (Å²) in [5, 5.41) is 0. The van der Waals surface area contributed by atoms with Crippen LogP contribution in [-0.2, 0) is 0 Å². The molecule has 0 amide bonds. The summed E-state index contributed by atoms with van der Waals surface area (Å²) in [6.45, 7) is 2.05. The number of hydrogen-bond acceptors (Lipinski definition) is 4. The topological polar surface area (TPSA) is 44.8 Å². The molecule has 106 valence electrons. The van der Waals surface area contributed by atoms with Crippen LogP contribution in [0.4, 0.5) is 0 Å². The SMILES string of the molecule is COc1ccc(OC)c(C(=O)CCC(C)P)c1OC. The molecule has 0 saturated carbocycles. The quantitative estimate of drug-likeness (QED) is 0.570. The predicted molar refractivity (Wildman–Crippen MR) is 78.8 cm³/mol. The van der Waals surface area contributed by atoms with Crippen molar-refractivity contribution in [2.75, 3.05) is 21.3 Å². The summed E-state index contributed by atoms with van der Waals surface area (Å²) in [6, 6.07) is 3.45. The number of carbonyl (C=O) groups is 1. The van der Waals surface area contributed by atoms with E-state index < -0.39 is 0 Å². The first kappa shape index (κ1) is 15.8. The molecular formula is C14H21O4P. The molecule has 0 N–H and O–H groups in total. The number of benzene rings is 1. The zero-order valence-corrected chi connectivity index (χ0v) is 13.0. The van der Waals surface area contributed by atoms with Crippen LogP contribution < -0.4 is 14.2 Å². The van der Waals surface area contributed by atoms with Gasteiger partial charge >= 0.3 is 0 Å². The summed E-state index contributed by atoms with van der Waals surface area (Å²) >= 11 is 0. The van der Waals surface area contributed by atoms with E-state index >= 15 is 0 Å². The van der Waals surface area contributed by atoms with Crippen molar-refractivity contribution in [2.45, 2.75) is 25.4 Å². The van der Waals surface area contributed by atoms with Crippen LogP contribution >= 0.6 is 9.24 Å². The highest BCUT2D eigenvalue weighted by molar-refractivity contribution is 7.17. The Bertz CT molecular complexity index is 443. The summed E-state index contributed by atoms with van der Waals surface area (Å²) in [4.78, 5) is 12.4. The van der Waals surface area contributed by atoms with Crippen LogP contribution in [0, 0.1) is 0 Å². The zero-order valence-electron chi connectivity index (χ0n) is 11.9. The molecule has 5 heteroatoms. The van der Waals surface area contributed by atoms with Gasteiger partial charge in [-0.15, -0.1) is 9.24 Å². The molecule has 0 aliphatic rings. The lowest BCUT2D eigenvalue weighted by Crippen LogP contribution is -2.08. The second kappa shape index (κ2) is 7.34. The number of carbonyl (C=O) groups excluding carboxylic acids is 1. The van der Waals surface area contributed by atoms with E-state index in [1.165, 1.54) is 14.2 Å². The van der Waals surface area contributed by atoms with Crippen LogP contribution in [0.5, 0.6) is 17.2 Å². The lowest BCUT2D eigenvalue weighted by Gasteiger charge is -2.15. The molecular weight excluding hydrogens is 263 g/mol. The van der Waals surface area contributed by atoms with Crippen molar-refractivity contribution in [2.24, 2.45) is 0 Å². The van der Waals surface area contributed by atoms with E-state index in [9.17, 15) is 4.79 Å². The van der Waals surface area contributed by atoms with E-state index in [0.29, 0.717) is 34.9 Å². The number of rotatable bonds is 7. The molecule has 0 aliphatic heterocycles. The third-order valence-electron chi connectivity index (χ3n) is 2.83. The fourth-order valence-electron chi connectivity index (χ4n) is 1.83. The van der Waals surface area contributed by atoms with Gasteiger partial charge in [-0.3, -0.25) is 4.79 Å². The van der Waals surface area contributed by atoms with Gasteiger partial charge in [0.15, 0.2) is 17.3 Å². The minimum atomic E-state index is 0.00176. The van der Waals surface area contributed by atoms with Gasteiger partial charge in [-0.25, -0.2) is 0 Å². The van der Waals surface area contributed by atoms with Crippen LogP contribution in [-0.4, -0.2) is 32.8 Å². The lowest BCUT2D eigenvalue weighted by molar-refractivity contribution is 0.0973. The Morgan fingerprint density at radius 3 is 2.21 bits per heavy atom.